The molecule has 4 aromatic heterocycles. The maximum absolute atomic E-state index is 7.06. The topological polar surface area (TPSA) is 36.1 Å². The van der Waals surface area contributed by atoms with Crippen molar-refractivity contribution in [2.45, 2.75) is 0 Å². The van der Waals surface area contributed by atoms with Crippen LogP contribution in [0.5, 0.6) is 0 Å². The Morgan fingerprint density at radius 2 is 0.683 bits per heavy atom. The Hall–Kier alpha value is -8.08. The van der Waals surface area contributed by atoms with Gasteiger partial charge in [0.1, 0.15) is 22.3 Å². The molecule has 4 heterocycles. The van der Waals surface area contributed by atoms with E-state index in [1.165, 1.54) is 59.8 Å². The summed E-state index contributed by atoms with van der Waals surface area (Å²) in [6.45, 7) is 0. The SMILES string of the molecule is c1ccc2c(c1)cc(-c1c3oc4ccc(-n5c6ccccc6c6ccccc65)cc4c3cc3c1oc1ccc(-n4c5ccccc5c5ccccc54)cc13)c1ccccc12. The van der Waals surface area contributed by atoms with E-state index in [-0.39, 0.29) is 0 Å². The second-order valence-electron chi connectivity index (χ2n) is 16.0. The van der Waals surface area contributed by atoms with Crippen molar-refractivity contribution in [3.05, 3.63) is 194 Å². The average molecular weight is 765 g/mol. The number of benzene rings is 10. The standard InChI is InChI=1S/C56H32N2O2/c1-2-14-36-33(13-1)29-45(38-16-4-3-15-37(36)38)54-55-46(43-30-34(25-27-52(43)59-55)57-48-21-9-5-17-39(48)40-18-6-10-22-49(40)57)32-47-44-31-35(26-28-53(44)60-56(47)54)58-50-23-11-7-19-41(50)42-20-8-12-24-51(42)58/h1-32H. The third-order valence-electron chi connectivity index (χ3n) is 12.9. The highest BCUT2D eigenvalue weighted by Gasteiger charge is 2.25. The molecule has 4 nitrogen and oxygen atoms in total. The van der Waals surface area contributed by atoms with E-state index in [1.54, 1.807) is 0 Å². The zero-order valence-corrected chi connectivity index (χ0v) is 32.2. The normalized spacial score (nSPS) is 12.3. The zero-order valence-electron chi connectivity index (χ0n) is 32.2. The molecule has 0 atom stereocenters. The fourth-order valence-corrected chi connectivity index (χ4v) is 10.3. The molecule has 4 heteroatoms. The summed E-state index contributed by atoms with van der Waals surface area (Å²) in [4.78, 5) is 0. The molecule has 0 saturated heterocycles. The van der Waals surface area contributed by atoms with Gasteiger partial charge in [-0.25, -0.2) is 0 Å². The van der Waals surface area contributed by atoms with E-state index >= 15 is 0 Å². The van der Waals surface area contributed by atoms with Crippen LogP contribution in [0, 0.1) is 0 Å². The summed E-state index contributed by atoms with van der Waals surface area (Å²) in [6.07, 6.45) is 0. The Morgan fingerprint density at radius 1 is 0.283 bits per heavy atom. The first kappa shape index (κ1) is 31.9. The lowest BCUT2D eigenvalue weighted by Gasteiger charge is -2.12. The van der Waals surface area contributed by atoms with E-state index in [1.807, 2.05) is 0 Å². The van der Waals surface area contributed by atoms with Crippen molar-refractivity contribution in [2.75, 3.05) is 0 Å². The summed E-state index contributed by atoms with van der Waals surface area (Å²) in [5.74, 6) is 0. The van der Waals surface area contributed by atoms with Crippen LogP contribution < -0.4 is 0 Å². The smallest absolute Gasteiger partial charge is 0.147 e. The van der Waals surface area contributed by atoms with E-state index in [0.717, 1.165) is 71.8 Å². The monoisotopic (exact) mass is 764 g/mol. The number of rotatable bonds is 3. The molecular formula is C56H32N2O2. The molecule has 0 bridgehead atoms. The number of hydrogen-bond acceptors (Lipinski definition) is 2. The second-order valence-corrected chi connectivity index (χ2v) is 16.0. The molecule has 0 saturated carbocycles. The number of furan rings is 2. The number of aromatic nitrogens is 2. The Labute approximate surface area is 342 Å². The van der Waals surface area contributed by atoms with Gasteiger partial charge in [0.25, 0.3) is 0 Å². The van der Waals surface area contributed by atoms with E-state index in [2.05, 4.69) is 203 Å². The summed E-state index contributed by atoms with van der Waals surface area (Å²) in [7, 11) is 0. The molecule has 0 fully saturated rings. The van der Waals surface area contributed by atoms with E-state index in [9.17, 15) is 0 Å². The first-order chi connectivity index (χ1) is 29.8. The predicted octanol–water partition coefficient (Wildman–Crippen LogP) is 15.7. The number of fused-ring (bicyclic) bond motifs is 15. The first-order valence-corrected chi connectivity index (χ1v) is 20.5. The molecule has 0 aliphatic carbocycles. The molecule has 278 valence electrons. The van der Waals surface area contributed by atoms with Gasteiger partial charge in [-0.3, -0.25) is 0 Å². The number of para-hydroxylation sites is 4. The lowest BCUT2D eigenvalue weighted by Crippen LogP contribution is -1.93. The lowest BCUT2D eigenvalue weighted by molar-refractivity contribution is 0.658. The van der Waals surface area contributed by atoms with Crippen molar-refractivity contribution in [3.63, 3.8) is 0 Å². The fourth-order valence-electron chi connectivity index (χ4n) is 10.3. The summed E-state index contributed by atoms with van der Waals surface area (Å²) in [5, 5.41) is 13.9. The van der Waals surface area contributed by atoms with Gasteiger partial charge in [-0.2, -0.15) is 0 Å². The molecule has 0 unspecified atom stereocenters. The maximum Gasteiger partial charge on any atom is 0.147 e. The van der Waals surface area contributed by atoms with Gasteiger partial charge in [-0.1, -0.05) is 121 Å². The Bertz CT molecular complexity index is 3820. The van der Waals surface area contributed by atoms with Crippen LogP contribution in [0.2, 0.25) is 0 Å². The quantitative estimate of drug-likeness (QED) is 0.168. The van der Waals surface area contributed by atoms with Gasteiger partial charge in [0, 0.05) is 54.5 Å². The highest BCUT2D eigenvalue weighted by Crippen LogP contribution is 2.48. The molecule has 0 aliphatic heterocycles. The van der Waals surface area contributed by atoms with Crippen LogP contribution in [0.25, 0.3) is 132 Å². The maximum atomic E-state index is 7.06. The molecule has 0 spiro atoms. The van der Waals surface area contributed by atoms with Gasteiger partial charge in [-0.15, -0.1) is 0 Å². The van der Waals surface area contributed by atoms with E-state index < -0.39 is 0 Å². The highest BCUT2D eigenvalue weighted by molar-refractivity contribution is 6.26. The summed E-state index contributed by atoms with van der Waals surface area (Å²) >= 11 is 0. The van der Waals surface area contributed by atoms with Crippen molar-refractivity contribution >= 4 is 109 Å². The molecule has 10 aromatic carbocycles. The minimum Gasteiger partial charge on any atom is -0.455 e. The van der Waals surface area contributed by atoms with Crippen LogP contribution in [0.4, 0.5) is 0 Å². The van der Waals surface area contributed by atoms with Crippen LogP contribution in [0.1, 0.15) is 0 Å². The van der Waals surface area contributed by atoms with E-state index in [0.29, 0.717) is 0 Å². The molecule has 14 rings (SSSR count). The van der Waals surface area contributed by atoms with Crippen molar-refractivity contribution in [1.29, 1.82) is 0 Å². The molecule has 0 aliphatic rings. The van der Waals surface area contributed by atoms with Crippen molar-refractivity contribution in [1.82, 2.24) is 9.13 Å². The number of hydrogen-bond donors (Lipinski definition) is 0. The van der Waals surface area contributed by atoms with Gasteiger partial charge in [0.2, 0.25) is 0 Å². The Kier molecular flexibility index (Phi) is 6.26. The van der Waals surface area contributed by atoms with E-state index in [4.69, 9.17) is 8.83 Å². The second kappa shape index (κ2) is 11.8. The Balaban J connectivity index is 1.12. The minimum absolute atomic E-state index is 0.819. The molecular weight excluding hydrogens is 733 g/mol. The highest BCUT2D eigenvalue weighted by atomic mass is 16.3. The summed E-state index contributed by atoms with van der Waals surface area (Å²) in [6, 6.07) is 70.0. The minimum atomic E-state index is 0.819. The van der Waals surface area contributed by atoms with Crippen LogP contribution in [0.3, 0.4) is 0 Å². The number of nitrogens with zero attached hydrogens (tertiary/aromatic N) is 2. The third kappa shape index (κ3) is 4.24. The molecule has 60 heavy (non-hydrogen) atoms. The van der Waals surface area contributed by atoms with Crippen LogP contribution >= 0.6 is 0 Å². The fraction of sp³-hybridized carbons (Fsp3) is 0. The van der Waals surface area contributed by atoms with Gasteiger partial charge >= 0.3 is 0 Å². The zero-order chi connectivity index (χ0) is 39.1. The van der Waals surface area contributed by atoms with Gasteiger partial charge in [-0.05, 0) is 99.9 Å². The van der Waals surface area contributed by atoms with Crippen LogP contribution in [-0.2, 0) is 0 Å². The van der Waals surface area contributed by atoms with Crippen molar-refractivity contribution in [2.24, 2.45) is 0 Å². The van der Waals surface area contributed by atoms with Crippen LogP contribution in [0.15, 0.2) is 203 Å². The van der Waals surface area contributed by atoms with Gasteiger partial charge < -0.3 is 18.0 Å². The molecule has 0 radical (unpaired) electrons. The van der Waals surface area contributed by atoms with Gasteiger partial charge in [0.05, 0.1) is 27.6 Å². The molecule has 0 N–H and O–H groups in total. The molecule has 0 amide bonds. The first-order valence-electron chi connectivity index (χ1n) is 20.5. The summed E-state index contributed by atoms with van der Waals surface area (Å²) < 4.78 is 18.9. The lowest BCUT2D eigenvalue weighted by atomic mass is 9.91. The largest absolute Gasteiger partial charge is 0.455 e. The average Bonchev–Trinajstić information content (AvgIpc) is 4.05. The summed E-state index contributed by atoms with van der Waals surface area (Å²) in [5.41, 5.74) is 12.2. The van der Waals surface area contributed by atoms with Crippen molar-refractivity contribution in [3.8, 4) is 22.5 Å². The van der Waals surface area contributed by atoms with Gasteiger partial charge in [0.15, 0.2) is 0 Å². The Morgan fingerprint density at radius 3 is 1.17 bits per heavy atom. The third-order valence-corrected chi connectivity index (χ3v) is 12.9. The van der Waals surface area contributed by atoms with Crippen molar-refractivity contribution < 1.29 is 8.83 Å². The molecule has 14 aromatic rings. The van der Waals surface area contributed by atoms with Crippen LogP contribution in [-0.4, -0.2) is 9.13 Å². The predicted molar refractivity (Wildman–Crippen MR) is 250 cm³/mol.